The molecule has 1 aromatic rings. The van der Waals surface area contributed by atoms with E-state index in [0.717, 1.165) is 17.7 Å². The second kappa shape index (κ2) is 6.92. The van der Waals surface area contributed by atoms with E-state index in [1.54, 1.807) is 18.2 Å². The van der Waals surface area contributed by atoms with Crippen LogP contribution in [0.2, 0.25) is 0 Å². The second-order valence-electron chi connectivity index (χ2n) is 7.59. The van der Waals surface area contributed by atoms with Gasteiger partial charge in [-0.3, -0.25) is 9.69 Å². The summed E-state index contributed by atoms with van der Waals surface area (Å²) in [4.78, 5) is 26.2. The molecule has 3 aliphatic rings. The number of urea groups is 1. The van der Waals surface area contributed by atoms with Crippen molar-refractivity contribution in [1.82, 2.24) is 10.2 Å². The molecule has 1 spiro atoms. The van der Waals surface area contributed by atoms with Gasteiger partial charge in [0.25, 0.3) is 5.91 Å². The number of amides is 3. The SMILES string of the molecule is CC1CCC2(CC1)NC(=O)N(CC(O)COc1ccc3c(c1)OCO3)C2=O. The molecule has 3 amide bonds. The van der Waals surface area contributed by atoms with Gasteiger partial charge >= 0.3 is 6.03 Å². The van der Waals surface area contributed by atoms with Gasteiger partial charge in [-0.05, 0) is 43.7 Å². The topological polar surface area (TPSA) is 97.3 Å². The molecule has 2 fully saturated rings. The average Bonchev–Trinajstić information content (AvgIpc) is 3.21. The lowest BCUT2D eigenvalue weighted by atomic mass is 9.77. The van der Waals surface area contributed by atoms with Crippen molar-refractivity contribution >= 4 is 11.9 Å². The van der Waals surface area contributed by atoms with Crippen LogP contribution in [0.3, 0.4) is 0 Å². The average molecular weight is 376 g/mol. The summed E-state index contributed by atoms with van der Waals surface area (Å²) in [5.74, 6) is 2.09. The zero-order valence-electron chi connectivity index (χ0n) is 15.3. The highest BCUT2D eigenvalue weighted by atomic mass is 16.7. The number of hydrogen-bond donors (Lipinski definition) is 2. The van der Waals surface area contributed by atoms with E-state index in [1.807, 2.05) is 0 Å². The zero-order valence-corrected chi connectivity index (χ0v) is 15.3. The monoisotopic (exact) mass is 376 g/mol. The molecule has 146 valence electrons. The van der Waals surface area contributed by atoms with Crippen LogP contribution in [-0.4, -0.2) is 53.5 Å². The molecule has 1 atom stereocenters. The van der Waals surface area contributed by atoms with Crippen LogP contribution in [0.5, 0.6) is 17.2 Å². The summed E-state index contributed by atoms with van der Waals surface area (Å²) in [5, 5.41) is 13.1. The first-order valence-electron chi connectivity index (χ1n) is 9.31. The molecule has 4 rings (SSSR count). The third kappa shape index (κ3) is 3.41. The molecule has 1 aliphatic carbocycles. The van der Waals surface area contributed by atoms with E-state index >= 15 is 0 Å². The molecular weight excluding hydrogens is 352 g/mol. The first-order chi connectivity index (χ1) is 13.0. The summed E-state index contributed by atoms with van der Waals surface area (Å²) in [6.07, 6.45) is 2.14. The Morgan fingerprint density at radius 2 is 2.04 bits per heavy atom. The predicted octanol–water partition coefficient (Wildman–Crippen LogP) is 1.66. The Hall–Kier alpha value is -2.48. The third-order valence-electron chi connectivity index (χ3n) is 5.55. The number of benzene rings is 1. The molecule has 2 aliphatic heterocycles. The molecule has 0 radical (unpaired) electrons. The predicted molar refractivity (Wildman–Crippen MR) is 94.7 cm³/mol. The number of nitrogens with one attached hydrogen (secondary N) is 1. The molecular formula is C19H24N2O6. The van der Waals surface area contributed by atoms with E-state index in [0.29, 0.717) is 36.0 Å². The van der Waals surface area contributed by atoms with Crippen LogP contribution in [0.1, 0.15) is 32.6 Å². The second-order valence-corrected chi connectivity index (χ2v) is 7.59. The number of aliphatic hydroxyl groups excluding tert-OH is 1. The molecule has 1 saturated carbocycles. The third-order valence-corrected chi connectivity index (χ3v) is 5.55. The van der Waals surface area contributed by atoms with Crippen LogP contribution in [0.4, 0.5) is 4.79 Å². The van der Waals surface area contributed by atoms with Crippen molar-refractivity contribution in [3.8, 4) is 17.2 Å². The first kappa shape index (κ1) is 17.9. The lowest BCUT2D eigenvalue weighted by molar-refractivity contribution is -0.133. The molecule has 27 heavy (non-hydrogen) atoms. The van der Waals surface area contributed by atoms with Gasteiger partial charge in [-0.2, -0.15) is 0 Å². The number of imide groups is 1. The van der Waals surface area contributed by atoms with Gasteiger partial charge in [-0.1, -0.05) is 6.92 Å². The van der Waals surface area contributed by atoms with E-state index in [4.69, 9.17) is 14.2 Å². The number of nitrogens with zero attached hydrogens (tertiary/aromatic N) is 1. The summed E-state index contributed by atoms with van der Waals surface area (Å²) in [7, 11) is 0. The molecule has 0 aromatic heterocycles. The van der Waals surface area contributed by atoms with E-state index in [2.05, 4.69) is 12.2 Å². The molecule has 2 heterocycles. The van der Waals surface area contributed by atoms with Crippen LogP contribution >= 0.6 is 0 Å². The lowest BCUT2D eigenvalue weighted by Crippen LogP contribution is -2.49. The Morgan fingerprint density at radius 1 is 1.30 bits per heavy atom. The van der Waals surface area contributed by atoms with Gasteiger partial charge in [0.2, 0.25) is 6.79 Å². The van der Waals surface area contributed by atoms with Crippen LogP contribution in [0.25, 0.3) is 0 Å². The molecule has 8 nitrogen and oxygen atoms in total. The lowest BCUT2D eigenvalue weighted by Gasteiger charge is -2.33. The van der Waals surface area contributed by atoms with Gasteiger partial charge in [0.05, 0.1) is 6.54 Å². The number of aliphatic hydroxyl groups is 1. The summed E-state index contributed by atoms with van der Waals surface area (Å²) >= 11 is 0. The van der Waals surface area contributed by atoms with Crippen LogP contribution in [0, 0.1) is 5.92 Å². The number of ether oxygens (including phenoxy) is 3. The maximum atomic E-state index is 12.8. The van der Waals surface area contributed by atoms with E-state index in [9.17, 15) is 14.7 Å². The largest absolute Gasteiger partial charge is 0.491 e. The summed E-state index contributed by atoms with van der Waals surface area (Å²) in [5.41, 5.74) is -0.790. The Bertz CT molecular complexity index is 744. The summed E-state index contributed by atoms with van der Waals surface area (Å²) < 4.78 is 16.1. The Balaban J connectivity index is 1.33. The number of carbonyl (C=O) groups excluding carboxylic acids is 2. The minimum Gasteiger partial charge on any atom is -0.491 e. The Morgan fingerprint density at radius 3 is 2.81 bits per heavy atom. The van der Waals surface area contributed by atoms with Gasteiger partial charge in [0.15, 0.2) is 11.5 Å². The Labute approximate surface area is 157 Å². The number of β-amino-alcohol motifs (C(OH)–C–C–N with tert-alkyl or cyclic N) is 1. The van der Waals surface area contributed by atoms with Crippen LogP contribution in [-0.2, 0) is 4.79 Å². The molecule has 1 aromatic carbocycles. The molecule has 8 heteroatoms. The highest BCUT2D eigenvalue weighted by molar-refractivity contribution is 6.07. The van der Waals surface area contributed by atoms with Crippen molar-refractivity contribution in [3.63, 3.8) is 0 Å². The van der Waals surface area contributed by atoms with Gasteiger partial charge in [0, 0.05) is 6.07 Å². The van der Waals surface area contributed by atoms with Crippen molar-refractivity contribution in [3.05, 3.63) is 18.2 Å². The van der Waals surface area contributed by atoms with Gasteiger partial charge in [-0.25, -0.2) is 4.79 Å². The fraction of sp³-hybridized carbons (Fsp3) is 0.579. The highest BCUT2D eigenvalue weighted by Crippen LogP contribution is 2.37. The summed E-state index contributed by atoms with van der Waals surface area (Å²) in [6.45, 7) is 2.20. The standard InChI is InChI=1S/C19H24N2O6/c1-12-4-6-19(7-5-12)17(23)21(18(24)20-19)9-13(22)10-25-14-2-3-15-16(8-14)27-11-26-15/h2-3,8,12-13,22H,4-7,9-11H2,1H3,(H,20,24). The fourth-order valence-corrected chi connectivity index (χ4v) is 3.86. The van der Waals surface area contributed by atoms with E-state index < -0.39 is 17.7 Å². The number of carbonyl (C=O) groups is 2. The highest BCUT2D eigenvalue weighted by Gasteiger charge is 2.52. The molecule has 1 saturated heterocycles. The van der Waals surface area contributed by atoms with Gasteiger partial charge < -0.3 is 24.6 Å². The zero-order chi connectivity index (χ0) is 19.0. The number of hydrogen-bond acceptors (Lipinski definition) is 6. The molecule has 1 unspecified atom stereocenters. The maximum absolute atomic E-state index is 12.8. The van der Waals surface area contributed by atoms with Crippen molar-refractivity contribution in [2.75, 3.05) is 19.9 Å². The Kier molecular flexibility index (Phi) is 4.59. The smallest absolute Gasteiger partial charge is 0.325 e. The van der Waals surface area contributed by atoms with E-state index in [-0.39, 0.29) is 25.9 Å². The van der Waals surface area contributed by atoms with Crippen molar-refractivity contribution in [1.29, 1.82) is 0 Å². The minimum atomic E-state index is -0.984. The fourth-order valence-electron chi connectivity index (χ4n) is 3.86. The minimum absolute atomic E-state index is 0.0409. The van der Waals surface area contributed by atoms with Crippen LogP contribution < -0.4 is 19.5 Å². The molecule has 0 bridgehead atoms. The molecule has 2 N–H and O–H groups in total. The summed E-state index contributed by atoms with van der Waals surface area (Å²) in [6, 6.07) is 4.69. The van der Waals surface area contributed by atoms with Crippen molar-refractivity contribution in [2.24, 2.45) is 5.92 Å². The van der Waals surface area contributed by atoms with Gasteiger partial charge in [0.1, 0.15) is 24.0 Å². The quantitative estimate of drug-likeness (QED) is 0.759. The number of fused-ring (bicyclic) bond motifs is 1. The maximum Gasteiger partial charge on any atom is 0.325 e. The van der Waals surface area contributed by atoms with Crippen LogP contribution in [0.15, 0.2) is 18.2 Å². The van der Waals surface area contributed by atoms with Crippen molar-refractivity contribution < 1.29 is 28.9 Å². The normalized spacial score (nSPS) is 27.8. The first-order valence-corrected chi connectivity index (χ1v) is 9.31. The number of rotatable bonds is 5. The van der Waals surface area contributed by atoms with Gasteiger partial charge in [-0.15, -0.1) is 0 Å². The van der Waals surface area contributed by atoms with E-state index in [1.165, 1.54) is 0 Å². The van der Waals surface area contributed by atoms with Crippen molar-refractivity contribution in [2.45, 2.75) is 44.2 Å².